The van der Waals surface area contributed by atoms with Crippen molar-refractivity contribution in [3.8, 4) is 17.2 Å². The lowest BCUT2D eigenvalue weighted by atomic mass is 10.2. The Morgan fingerprint density at radius 2 is 1.95 bits per heavy atom. The van der Waals surface area contributed by atoms with Crippen LogP contribution in [0.1, 0.15) is 12.0 Å². The van der Waals surface area contributed by atoms with Gasteiger partial charge in [-0.25, -0.2) is 19.5 Å². The molecule has 1 fully saturated rings. The molecule has 1 saturated heterocycles. The Morgan fingerprint density at radius 1 is 1.16 bits per heavy atom. The quantitative estimate of drug-likeness (QED) is 0.179. The lowest BCUT2D eigenvalue weighted by Gasteiger charge is -2.10. The van der Waals surface area contributed by atoms with E-state index in [1.807, 2.05) is 6.07 Å². The number of benzene rings is 2. The number of amides is 3. The fourth-order valence-electron chi connectivity index (χ4n) is 3.25. The molecule has 2 heterocycles. The molecule has 1 atom stereocenters. The highest BCUT2D eigenvalue weighted by Gasteiger charge is 2.34. The molecule has 2 N–H and O–H groups in total. The number of para-hydroxylation sites is 1. The smallest absolute Gasteiger partial charge is 0.350 e. The van der Waals surface area contributed by atoms with Crippen LogP contribution in [0.25, 0.3) is 5.69 Å². The highest BCUT2D eigenvalue weighted by molar-refractivity contribution is 8.15. The van der Waals surface area contributed by atoms with Gasteiger partial charge in [-0.05, 0) is 35.9 Å². The number of esters is 1. The van der Waals surface area contributed by atoms with Gasteiger partial charge in [0.1, 0.15) is 18.1 Å². The van der Waals surface area contributed by atoms with E-state index < -0.39 is 34.0 Å². The van der Waals surface area contributed by atoms with Gasteiger partial charge in [0, 0.05) is 0 Å². The number of hydrogen-bond acceptors (Lipinski definition) is 10. The number of imide groups is 1. The highest BCUT2D eigenvalue weighted by atomic mass is 32.2. The van der Waals surface area contributed by atoms with E-state index in [-0.39, 0.29) is 24.5 Å². The molecule has 190 valence electrons. The SMILES string of the molecule is COc1cc(/C=N/NC(=O)Cn2ncn(-c3ccccc3)c2=O)ccc1OC(=O)C[C@H]1SC(=O)NC1=O. The van der Waals surface area contributed by atoms with Gasteiger partial charge in [-0.15, -0.1) is 0 Å². The molecule has 1 aliphatic rings. The molecule has 0 radical (unpaired) electrons. The van der Waals surface area contributed by atoms with Gasteiger partial charge in [-0.2, -0.15) is 10.2 Å². The Kier molecular flexibility index (Phi) is 7.78. The predicted octanol–water partition coefficient (Wildman–Crippen LogP) is 0.840. The standard InChI is InChI=1S/C23H20N6O7S/c1-35-17-9-14(7-8-16(17)36-20(31)10-18-21(32)26-22(33)37-18)11-24-27-19(30)12-29-23(34)28(13-25-29)15-5-3-2-4-6-15/h2-9,11,13,18H,10,12H2,1H3,(H,27,30)(H,26,32,33)/b24-11+/t18-/m1/s1. The van der Waals surface area contributed by atoms with Gasteiger partial charge in [-0.3, -0.25) is 24.5 Å². The Hall–Kier alpha value is -4.72. The van der Waals surface area contributed by atoms with Gasteiger partial charge in [0.15, 0.2) is 11.5 Å². The van der Waals surface area contributed by atoms with Crippen molar-refractivity contribution in [1.29, 1.82) is 0 Å². The summed E-state index contributed by atoms with van der Waals surface area (Å²) in [5.41, 5.74) is 2.98. The highest BCUT2D eigenvalue weighted by Crippen LogP contribution is 2.29. The predicted molar refractivity (Wildman–Crippen MR) is 132 cm³/mol. The number of carbonyl (C=O) groups is 4. The van der Waals surface area contributed by atoms with E-state index in [1.54, 1.807) is 30.3 Å². The van der Waals surface area contributed by atoms with Crippen LogP contribution in [-0.2, 0) is 20.9 Å². The van der Waals surface area contributed by atoms with Crippen LogP contribution in [0, 0.1) is 0 Å². The van der Waals surface area contributed by atoms with Gasteiger partial charge < -0.3 is 9.47 Å². The molecule has 3 aromatic rings. The van der Waals surface area contributed by atoms with E-state index in [0.717, 1.165) is 16.4 Å². The second-order valence-corrected chi connectivity index (χ2v) is 8.72. The molecular weight excluding hydrogens is 504 g/mol. The van der Waals surface area contributed by atoms with Crippen molar-refractivity contribution < 1.29 is 28.7 Å². The number of rotatable bonds is 9. The largest absolute Gasteiger partial charge is 0.493 e. The third kappa shape index (κ3) is 6.29. The van der Waals surface area contributed by atoms with E-state index in [9.17, 15) is 24.0 Å². The topological polar surface area (TPSA) is 163 Å². The molecule has 0 aliphatic carbocycles. The maximum atomic E-state index is 12.5. The molecule has 3 amide bonds. The minimum atomic E-state index is -0.844. The number of nitrogens with zero attached hydrogens (tertiary/aromatic N) is 4. The fourth-order valence-corrected chi connectivity index (χ4v) is 4.06. The molecular formula is C23H20N6O7S. The molecule has 0 spiro atoms. The lowest BCUT2D eigenvalue weighted by Crippen LogP contribution is -2.31. The van der Waals surface area contributed by atoms with Gasteiger partial charge in [-0.1, -0.05) is 30.0 Å². The lowest BCUT2D eigenvalue weighted by molar-refractivity contribution is -0.136. The van der Waals surface area contributed by atoms with Crippen LogP contribution in [0.15, 0.2) is 64.8 Å². The zero-order valence-corrected chi connectivity index (χ0v) is 20.1. The van der Waals surface area contributed by atoms with Crippen LogP contribution >= 0.6 is 11.8 Å². The third-order valence-electron chi connectivity index (χ3n) is 4.99. The van der Waals surface area contributed by atoms with Crippen LogP contribution in [0.4, 0.5) is 4.79 Å². The van der Waals surface area contributed by atoms with Crippen molar-refractivity contribution in [2.45, 2.75) is 18.2 Å². The zero-order valence-electron chi connectivity index (χ0n) is 19.3. The molecule has 4 rings (SSSR count). The van der Waals surface area contributed by atoms with Gasteiger partial charge in [0.05, 0.1) is 25.4 Å². The number of ether oxygens (including phenoxy) is 2. The summed E-state index contributed by atoms with van der Waals surface area (Å²) in [6.07, 6.45) is 2.38. The molecule has 1 aliphatic heterocycles. The van der Waals surface area contributed by atoms with Crippen molar-refractivity contribution >= 4 is 41.0 Å². The summed E-state index contributed by atoms with van der Waals surface area (Å²) in [7, 11) is 1.38. The summed E-state index contributed by atoms with van der Waals surface area (Å²) >= 11 is 0.730. The van der Waals surface area contributed by atoms with E-state index in [1.165, 1.54) is 36.4 Å². The second-order valence-electron chi connectivity index (χ2n) is 7.54. The van der Waals surface area contributed by atoms with Crippen molar-refractivity contribution in [1.82, 2.24) is 25.1 Å². The monoisotopic (exact) mass is 524 g/mol. The second kappa shape index (κ2) is 11.3. The summed E-state index contributed by atoms with van der Waals surface area (Å²) in [4.78, 5) is 59.7. The van der Waals surface area contributed by atoms with Gasteiger partial charge in [0.2, 0.25) is 5.91 Å². The maximum Gasteiger partial charge on any atom is 0.350 e. The van der Waals surface area contributed by atoms with Crippen molar-refractivity contribution in [2.24, 2.45) is 5.10 Å². The first-order valence-corrected chi connectivity index (χ1v) is 11.6. The number of methoxy groups -OCH3 is 1. The van der Waals surface area contributed by atoms with Crippen LogP contribution in [0.5, 0.6) is 11.5 Å². The number of thioether (sulfide) groups is 1. The molecule has 2 aromatic carbocycles. The van der Waals surface area contributed by atoms with Crippen LogP contribution < -0.4 is 25.9 Å². The van der Waals surface area contributed by atoms with Gasteiger partial charge in [0.25, 0.3) is 11.1 Å². The van der Waals surface area contributed by atoms with Crippen LogP contribution in [0.2, 0.25) is 0 Å². The number of nitrogens with one attached hydrogen (secondary N) is 2. The van der Waals surface area contributed by atoms with E-state index in [0.29, 0.717) is 11.3 Å². The van der Waals surface area contributed by atoms with Crippen molar-refractivity contribution in [3.63, 3.8) is 0 Å². The first kappa shape index (κ1) is 25.4. The molecule has 0 unspecified atom stereocenters. The minimum Gasteiger partial charge on any atom is -0.493 e. The van der Waals surface area contributed by atoms with E-state index in [4.69, 9.17) is 9.47 Å². The Morgan fingerprint density at radius 3 is 2.65 bits per heavy atom. The molecule has 37 heavy (non-hydrogen) atoms. The molecule has 14 heteroatoms. The van der Waals surface area contributed by atoms with Crippen molar-refractivity contribution in [3.05, 3.63) is 70.9 Å². The first-order chi connectivity index (χ1) is 17.8. The van der Waals surface area contributed by atoms with Crippen LogP contribution in [0.3, 0.4) is 0 Å². The summed E-state index contributed by atoms with van der Waals surface area (Å²) < 4.78 is 12.8. The van der Waals surface area contributed by atoms with Gasteiger partial charge >= 0.3 is 11.7 Å². The summed E-state index contributed by atoms with van der Waals surface area (Å²) in [6.45, 7) is -0.336. The number of carbonyl (C=O) groups excluding carboxylic acids is 4. The third-order valence-corrected chi connectivity index (χ3v) is 5.98. The van der Waals surface area contributed by atoms with E-state index in [2.05, 4.69) is 20.9 Å². The fraction of sp³-hybridized carbons (Fsp3) is 0.174. The molecule has 0 bridgehead atoms. The normalized spacial score (nSPS) is 15.0. The first-order valence-electron chi connectivity index (χ1n) is 10.8. The maximum absolute atomic E-state index is 12.5. The summed E-state index contributed by atoms with van der Waals surface area (Å²) in [6, 6.07) is 13.4. The number of hydrogen-bond donors (Lipinski definition) is 2. The molecule has 13 nitrogen and oxygen atoms in total. The van der Waals surface area contributed by atoms with E-state index >= 15 is 0 Å². The zero-order chi connectivity index (χ0) is 26.4. The Labute approximate surface area is 213 Å². The summed E-state index contributed by atoms with van der Waals surface area (Å²) in [5, 5.41) is 8.57. The van der Waals surface area contributed by atoms with Crippen molar-refractivity contribution in [2.75, 3.05) is 7.11 Å². The Balaban J connectivity index is 1.33. The number of aromatic nitrogens is 3. The number of hydrazone groups is 1. The average molecular weight is 525 g/mol. The van der Waals surface area contributed by atoms with Crippen LogP contribution in [-0.4, -0.2) is 55.9 Å². The molecule has 1 aromatic heterocycles. The molecule has 0 saturated carbocycles. The summed E-state index contributed by atoms with van der Waals surface area (Å²) in [5.74, 6) is -1.50. The Bertz CT molecular complexity index is 1430. The average Bonchev–Trinajstić information content (AvgIpc) is 3.40. The minimum absolute atomic E-state index is 0.108.